The van der Waals surface area contributed by atoms with Crippen molar-refractivity contribution in [1.29, 1.82) is 5.26 Å². The summed E-state index contributed by atoms with van der Waals surface area (Å²) in [6, 6.07) is 17.0. The van der Waals surface area contributed by atoms with Gasteiger partial charge in [0.05, 0.1) is 11.9 Å². The Hall–Kier alpha value is -4.45. The number of para-hydroxylation sites is 1. The van der Waals surface area contributed by atoms with Crippen LogP contribution in [0.15, 0.2) is 60.8 Å². The number of aryl methyl sites for hydroxylation is 1. The molecule has 174 valence electrons. The van der Waals surface area contributed by atoms with Gasteiger partial charge in [-0.3, -0.25) is 9.59 Å². The molecule has 1 heterocycles. The second-order valence-electron chi connectivity index (χ2n) is 7.93. The van der Waals surface area contributed by atoms with Crippen LogP contribution in [-0.4, -0.2) is 40.2 Å². The van der Waals surface area contributed by atoms with Crippen molar-refractivity contribution in [3.63, 3.8) is 0 Å². The van der Waals surface area contributed by atoms with Gasteiger partial charge >= 0.3 is 5.97 Å². The van der Waals surface area contributed by atoms with E-state index in [4.69, 9.17) is 4.74 Å². The zero-order valence-corrected chi connectivity index (χ0v) is 19.1. The number of anilines is 1. The van der Waals surface area contributed by atoms with E-state index in [-0.39, 0.29) is 17.3 Å². The molecule has 0 spiro atoms. The molecule has 3 aromatic rings. The van der Waals surface area contributed by atoms with E-state index in [0.29, 0.717) is 11.3 Å². The minimum Gasteiger partial charge on any atom is -0.454 e. The summed E-state index contributed by atoms with van der Waals surface area (Å²) in [6.07, 6.45) is 1.34. The maximum absolute atomic E-state index is 12.7. The normalized spacial score (nSPS) is 11.4. The van der Waals surface area contributed by atoms with Crippen molar-refractivity contribution in [2.45, 2.75) is 26.8 Å². The third-order valence-corrected chi connectivity index (χ3v) is 5.09. The summed E-state index contributed by atoms with van der Waals surface area (Å²) in [4.78, 5) is 37.8. The van der Waals surface area contributed by atoms with Gasteiger partial charge in [-0.1, -0.05) is 50.2 Å². The summed E-state index contributed by atoms with van der Waals surface area (Å²) < 4.78 is 6.60. The molecule has 2 aromatic carbocycles. The molecule has 34 heavy (non-hydrogen) atoms. The van der Waals surface area contributed by atoms with Crippen LogP contribution >= 0.6 is 0 Å². The summed E-state index contributed by atoms with van der Waals surface area (Å²) >= 11 is 0. The van der Waals surface area contributed by atoms with Crippen molar-refractivity contribution < 1.29 is 19.1 Å². The van der Waals surface area contributed by atoms with Crippen molar-refractivity contribution in [3.8, 4) is 11.8 Å². The third kappa shape index (κ3) is 5.66. The first-order valence-electron chi connectivity index (χ1n) is 10.7. The average molecular weight is 460 g/mol. The van der Waals surface area contributed by atoms with Gasteiger partial charge in [0.15, 0.2) is 12.4 Å². The summed E-state index contributed by atoms with van der Waals surface area (Å²) in [5.41, 5.74) is 2.04. The van der Waals surface area contributed by atoms with E-state index in [2.05, 4.69) is 15.7 Å². The first kappa shape index (κ1) is 24.2. The molecule has 0 saturated carbocycles. The molecular weight excluding hydrogens is 434 g/mol. The second-order valence-corrected chi connectivity index (χ2v) is 7.93. The predicted octanol–water partition coefficient (Wildman–Crippen LogP) is 2.99. The molecule has 0 aliphatic heterocycles. The first-order chi connectivity index (χ1) is 16.3. The zero-order valence-electron chi connectivity index (χ0n) is 19.1. The molecule has 1 atom stereocenters. The molecule has 0 aliphatic carbocycles. The molecule has 0 radical (unpaired) electrons. The number of carbonyl (C=O) groups excluding carboxylic acids is 3. The van der Waals surface area contributed by atoms with Gasteiger partial charge in [-0.2, -0.15) is 10.4 Å². The number of hydrogen-bond acceptors (Lipinski definition) is 6. The van der Waals surface area contributed by atoms with Crippen LogP contribution in [0.1, 0.15) is 35.3 Å². The van der Waals surface area contributed by atoms with Gasteiger partial charge in [0, 0.05) is 5.56 Å². The fourth-order valence-electron chi connectivity index (χ4n) is 3.25. The van der Waals surface area contributed by atoms with E-state index in [1.54, 1.807) is 63.2 Å². The number of amides is 2. The molecule has 9 nitrogen and oxygen atoms in total. The van der Waals surface area contributed by atoms with E-state index in [0.717, 1.165) is 5.56 Å². The monoisotopic (exact) mass is 459 g/mol. The molecule has 2 amide bonds. The highest BCUT2D eigenvalue weighted by molar-refractivity contribution is 5.98. The van der Waals surface area contributed by atoms with Gasteiger partial charge in [-0.15, -0.1) is 0 Å². The van der Waals surface area contributed by atoms with E-state index >= 15 is 0 Å². The lowest BCUT2D eigenvalue weighted by Gasteiger charge is -2.21. The van der Waals surface area contributed by atoms with E-state index in [1.807, 2.05) is 18.2 Å². The molecular formula is C25H25N5O4. The Morgan fingerprint density at radius 1 is 1.09 bits per heavy atom. The van der Waals surface area contributed by atoms with Gasteiger partial charge in [-0.05, 0) is 36.6 Å². The molecule has 0 fully saturated rings. The number of hydrogen-bond donors (Lipinski definition) is 2. The van der Waals surface area contributed by atoms with Gasteiger partial charge in [0.1, 0.15) is 17.7 Å². The van der Waals surface area contributed by atoms with Crippen LogP contribution in [0.2, 0.25) is 0 Å². The third-order valence-electron chi connectivity index (χ3n) is 5.09. The highest BCUT2D eigenvalue weighted by atomic mass is 16.5. The minimum atomic E-state index is -0.940. The van der Waals surface area contributed by atoms with E-state index in [1.165, 1.54) is 10.9 Å². The fourth-order valence-corrected chi connectivity index (χ4v) is 3.25. The molecule has 1 aromatic heterocycles. The first-order valence-corrected chi connectivity index (χ1v) is 10.7. The quantitative estimate of drug-likeness (QED) is 0.499. The standard InChI is InChI=1S/C25H25N5O4/c1-16(2)22(29-24(32)20-12-8-7-9-17(20)3)25(33)34-15-21(31)28-23-18(13-26)14-27-30(23)19-10-5-4-6-11-19/h4-12,14,16,22H,15H2,1-3H3,(H,28,31)(H,29,32)/t22-/m0/s1. The van der Waals surface area contributed by atoms with Crippen LogP contribution in [0, 0.1) is 24.2 Å². The largest absolute Gasteiger partial charge is 0.454 e. The fraction of sp³-hybridized carbons (Fsp3) is 0.240. The van der Waals surface area contributed by atoms with Crippen molar-refractivity contribution in [1.82, 2.24) is 15.1 Å². The predicted molar refractivity (Wildman–Crippen MR) is 125 cm³/mol. The Labute approximate surface area is 197 Å². The maximum atomic E-state index is 12.7. The molecule has 0 bridgehead atoms. The zero-order chi connectivity index (χ0) is 24.7. The number of aromatic nitrogens is 2. The molecule has 0 saturated heterocycles. The lowest BCUT2D eigenvalue weighted by Crippen LogP contribution is -2.46. The highest BCUT2D eigenvalue weighted by Crippen LogP contribution is 2.19. The topological polar surface area (TPSA) is 126 Å². The maximum Gasteiger partial charge on any atom is 0.329 e. The van der Waals surface area contributed by atoms with Crippen LogP contribution in [0.25, 0.3) is 5.69 Å². The van der Waals surface area contributed by atoms with Gasteiger partial charge in [-0.25, -0.2) is 9.48 Å². The lowest BCUT2D eigenvalue weighted by molar-refractivity contribution is -0.150. The Balaban J connectivity index is 1.65. The van der Waals surface area contributed by atoms with Crippen LogP contribution in [-0.2, 0) is 14.3 Å². The number of esters is 1. The number of ether oxygens (including phenoxy) is 1. The number of carbonyl (C=O) groups is 3. The van der Waals surface area contributed by atoms with Gasteiger partial charge < -0.3 is 15.4 Å². The summed E-state index contributed by atoms with van der Waals surface area (Å²) in [7, 11) is 0. The number of nitrogens with zero attached hydrogens (tertiary/aromatic N) is 3. The lowest BCUT2D eigenvalue weighted by atomic mass is 10.0. The van der Waals surface area contributed by atoms with E-state index in [9.17, 15) is 19.6 Å². The van der Waals surface area contributed by atoms with E-state index < -0.39 is 30.4 Å². The summed E-state index contributed by atoms with van der Waals surface area (Å²) in [5, 5.41) is 18.8. The number of rotatable bonds is 8. The Kier molecular flexibility index (Phi) is 7.77. The molecule has 0 unspecified atom stereocenters. The Morgan fingerprint density at radius 2 is 1.76 bits per heavy atom. The number of nitriles is 1. The van der Waals surface area contributed by atoms with Crippen molar-refractivity contribution >= 4 is 23.6 Å². The van der Waals surface area contributed by atoms with Gasteiger partial charge in [0.25, 0.3) is 11.8 Å². The van der Waals surface area contributed by atoms with Gasteiger partial charge in [0.2, 0.25) is 0 Å². The smallest absolute Gasteiger partial charge is 0.329 e. The average Bonchev–Trinajstić information content (AvgIpc) is 3.23. The Bertz CT molecular complexity index is 1230. The second kappa shape index (κ2) is 10.9. The Morgan fingerprint density at radius 3 is 2.41 bits per heavy atom. The van der Waals surface area contributed by atoms with Crippen molar-refractivity contribution in [3.05, 3.63) is 77.5 Å². The molecule has 2 N–H and O–H groups in total. The minimum absolute atomic E-state index is 0.161. The van der Waals surface area contributed by atoms with Crippen LogP contribution in [0.4, 0.5) is 5.82 Å². The molecule has 9 heteroatoms. The van der Waals surface area contributed by atoms with Crippen LogP contribution in [0.3, 0.4) is 0 Å². The van der Waals surface area contributed by atoms with Crippen molar-refractivity contribution in [2.75, 3.05) is 11.9 Å². The SMILES string of the molecule is Cc1ccccc1C(=O)N[C@H](C(=O)OCC(=O)Nc1c(C#N)cnn1-c1ccccc1)C(C)C. The highest BCUT2D eigenvalue weighted by Gasteiger charge is 2.27. The van der Waals surface area contributed by atoms with Crippen LogP contribution < -0.4 is 10.6 Å². The number of benzene rings is 2. The summed E-state index contributed by atoms with van der Waals surface area (Å²) in [6.45, 7) is 4.74. The van der Waals surface area contributed by atoms with Crippen molar-refractivity contribution in [2.24, 2.45) is 5.92 Å². The number of nitrogens with one attached hydrogen (secondary N) is 2. The molecule has 3 rings (SSSR count). The molecule has 0 aliphatic rings. The summed E-state index contributed by atoms with van der Waals surface area (Å²) in [5.74, 6) is -1.88. The van der Waals surface area contributed by atoms with Crippen LogP contribution in [0.5, 0.6) is 0 Å².